The van der Waals surface area contributed by atoms with Gasteiger partial charge < -0.3 is 18.9 Å². The van der Waals surface area contributed by atoms with Gasteiger partial charge >= 0.3 is 11.9 Å². The van der Waals surface area contributed by atoms with Crippen molar-refractivity contribution in [3.05, 3.63) is 35.4 Å². The Morgan fingerprint density at radius 2 is 1.23 bits per heavy atom. The zero-order chi connectivity index (χ0) is 18.5. The number of carbonyl (C=O) groups is 2. The molecule has 2 saturated heterocycles. The molecule has 0 radical (unpaired) electrons. The first kappa shape index (κ1) is 18.9. The summed E-state index contributed by atoms with van der Waals surface area (Å²) >= 11 is 0. The van der Waals surface area contributed by atoms with Crippen molar-refractivity contribution in [1.29, 1.82) is 0 Å². The van der Waals surface area contributed by atoms with Crippen LogP contribution in [0.15, 0.2) is 24.3 Å². The maximum atomic E-state index is 12.3. The molecule has 6 nitrogen and oxygen atoms in total. The van der Waals surface area contributed by atoms with Gasteiger partial charge in [0.15, 0.2) is 0 Å². The number of hydrogen-bond donors (Lipinski definition) is 0. The molecule has 0 saturated carbocycles. The molecule has 0 aromatic heterocycles. The van der Waals surface area contributed by atoms with Crippen LogP contribution in [-0.2, 0) is 18.9 Å². The van der Waals surface area contributed by atoms with Gasteiger partial charge in [0.25, 0.3) is 0 Å². The van der Waals surface area contributed by atoms with Crippen LogP contribution in [0, 0.1) is 0 Å². The molecule has 1 aromatic rings. The lowest BCUT2D eigenvalue weighted by molar-refractivity contribution is 0.0445. The van der Waals surface area contributed by atoms with E-state index in [-0.39, 0.29) is 36.5 Å². The average molecular weight is 362 g/mol. The quantitative estimate of drug-likeness (QED) is 0.470. The summed E-state index contributed by atoms with van der Waals surface area (Å²) in [7, 11) is 0. The molecule has 0 aliphatic carbocycles. The first-order valence-electron chi connectivity index (χ1n) is 9.38. The Labute approximate surface area is 153 Å². The Morgan fingerprint density at radius 1 is 0.808 bits per heavy atom. The van der Waals surface area contributed by atoms with E-state index in [0.717, 1.165) is 12.8 Å². The lowest BCUT2D eigenvalue weighted by Crippen LogP contribution is -2.16. The van der Waals surface area contributed by atoms with Gasteiger partial charge in [-0.05, 0) is 25.0 Å². The summed E-state index contributed by atoms with van der Waals surface area (Å²) in [6, 6.07) is 6.57. The van der Waals surface area contributed by atoms with E-state index in [9.17, 15) is 9.59 Å². The fourth-order valence-electron chi connectivity index (χ4n) is 3.11. The highest BCUT2D eigenvalue weighted by Crippen LogP contribution is 2.28. The molecular formula is C20H26O6. The van der Waals surface area contributed by atoms with Crippen molar-refractivity contribution < 1.29 is 28.5 Å². The monoisotopic (exact) mass is 362 g/mol. The highest BCUT2D eigenvalue weighted by Gasteiger charge is 2.37. The molecule has 2 aliphatic heterocycles. The van der Waals surface area contributed by atoms with Gasteiger partial charge in [0.2, 0.25) is 0 Å². The number of carbonyl (C=O) groups excluding carboxylic acids is 2. The summed E-state index contributed by atoms with van der Waals surface area (Å²) in [5.41, 5.74) is 0.464. The molecular weight excluding hydrogens is 336 g/mol. The van der Waals surface area contributed by atoms with E-state index in [4.69, 9.17) is 18.9 Å². The molecule has 2 heterocycles. The molecule has 3 rings (SSSR count). The van der Waals surface area contributed by atoms with Crippen LogP contribution in [0.4, 0.5) is 0 Å². The number of hydrogen-bond acceptors (Lipinski definition) is 6. The highest BCUT2D eigenvalue weighted by atomic mass is 16.6. The first-order chi connectivity index (χ1) is 12.6. The Hall–Kier alpha value is -1.92. The van der Waals surface area contributed by atoms with Crippen LogP contribution in [-0.4, -0.2) is 49.6 Å². The zero-order valence-electron chi connectivity index (χ0n) is 15.3. The predicted molar refractivity (Wildman–Crippen MR) is 94.1 cm³/mol. The Morgan fingerprint density at radius 3 is 1.58 bits per heavy atom. The van der Waals surface area contributed by atoms with Crippen molar-refractivity contribution >= 4 is 11.9 Å². The Bertz CT molecular complexity index is 588. The van der Waals surface area contributed by atoms with Crippen molar-refractivity contribution in [1.82, 2.24) is 0 Å². The molecule has 1 aromatic carbocycles. The SMILES string of the molecule is CCC1OC1CCOC(=O)c1ccccc1C(=O)OCCC1OC1CC. The second kappa shape index (κ2) is 8.64. The summed E-state index contributed by atoms with van der Waals surface area (Å²) in [6.45, 7) is 4.69. The fraction of sp³-hybridized carbons (Fsp3) is 0.600. The third kappa shape index (κ3) is 4.83. The number of rotatable bonds is 10. The maximum Gasteiger partial charge on any atom is 0.339 e. The number of ether oxygens (including phenoxy) is 4. The van der Waals surface area contributed by atoms with Crippen LogP contribution in [0.1, 0.15) is 60.2 Å². The van der Waals surface area contributed by atoms with Crippen LogP contribution >= 0.6 is 0 Å². The largest absolute Gasteiger partial charge is 0.462 e. The standard InChI is InChI=1S/C20H26O6/c1-3-15-17(25-15)9-11-23-19(21)13-7-5-6-8-14(13)20(22)24-12-10-18-16(4-2)26-18/h5-8,15-18H,3-4,9-12H2,1-2H3. The van der Waals surface area contributed by atoms with Crippen LogP contribution in [0.3, 0.4) is 0 Å². The molecule has 0 spiro atoms. The van der Waals surface area contributed by atoms with Crippen LogP contribution in [0.25, 0.3) is 0 Å². The minimum absolute atomic E-state index is 0.185. The van der Waals surface area contributed by atoms with E-state index < -0.39 is 11.9 Å². The molecule has 4 atom stereocenters. The molecule has 0 amide bonds. The molecule has 2 fully saturated rings. The smallest absolute Gasteiger partial charge is 0.339 e. The van der Waals surface area contributed by atoms with Crippen molar-refractivity contribution in [3.8, 4) is 0 Å². The summed E-state index contributed by atoms with van der Waals surface area (Å²) in [5, 5.41) is 0. The fourth-order valence-corrected chi connectivity index (χ4v) is 3.11. The summed E-state index contributed by atoms with van der Waals surface area (Å²) in [6.07, 6.45) is 4.25. The summed E-state index contributed by atoms with van der Waals surface area (Å²) < 4.78 is 21.4. The number of benzene rings is 1. The second-order valence-corrected chi connectivity index (χ2v) is 6.64. The van der Waals surface area contributed by atoms with Crippen LogP contribution < -0.4 is 0 Å². The third-order valence-electron chi connectivity index (χ3n) is 4.82. The zero-order valence-corrected chi connectivity index (χ0v) is 15.3. The molecule has 2 aliphatic rings. The molecule has 142 valence electrons. The van der Waals surface area contributed by atoms with Crippen molar-refractivity contribution in [2.45, 2.75) is 63.9 Å². The molecule has 0 bridgehead atoms. The Balaban J connectivity index is 1.46. The lowest BCUT2D eigenvalue weighted by atomic mass is 10.1. The van der Waals surface area contributed by atoms with Gasteiger partial charge in [-0.2, -0.15) is 0 Å². The van der Waals surface area contributed by atoms with Crippen LogP contribution in [0.2, 0.25) is 0 Å². The van der Waals surface area contributed by atoms with Crippen molar-refractivity contribution in [2.24, 2.45) is 0 Å². The van der Waals surface area contributed by atoms with E-state index in [1.165, 1.54) is 0 Å². The van der Waals surface area contributed by atoms with Gasteiger partial charge in [-0.25, -0.2) is 9.59 Å². The molecule has 26 heavy (non-hydrogen) atoms. The summed E-state index contributed by atoms with van der Waals surface area (Å²) in [5.74, 6) is -1.02. The Kier molecular flexibility index (Phi) is 6.27. The number of esters is 2. The van der Waals surface area contributed by atoms with E-state index in [0.29, 0.717) is 25.0 Å². The van der Waals surface area contributed by atoms with E-state index >= 15 is 0 Å². The minimum atomic E-state index is -0.511. The predicted octanol–water partition coefficient (Wildman–Crippen LogP) is 3.14. The van der Waals surface area contributed by atoms with Gasteiger partial charge in [-0.15, -0.1) is 0 Å². The van der Waals surface area contributed by atoms with Gasteiger partial charge in [-0.1, -0.05) is 26.0 Å². The van der Waals surface area contributed by atoms with E-state index in [1.807, 2.05) is 0 Å². The van der Waals surface area contributed by atoms with E-state index in [2.05, 4.69) is 13.8 Å². The summed E-state index contributed by atoms with van der Waals surface area (Å²) in [4.78, 5) is 24.6. The minimum Gasteiger partial charge on any atom is -0.462 e. The molecule has 0 N–H and O–H groups in total. The average Bonchev–Trinajstić information content (AvgIpc) is 3.57. The lowest BCUT2D eigenvalue weighted by Gasteiger charge is -2.09. The molecule has 6 heteroatoms. The maximum absolute atomic E-state index is 12.3. The van der Waals surface area contributed by atoms with Gasteiger partial charge in [0.1, 0.15) is 0 Å². The first-order valence-corrected chi connectivity index (χ1v) is 9.38. The third-order valence-corrected chi connectivity index (χ3v) is 4.82. The van der Waals surface area contributed by atoms with E-state index in [1.54, 1.807) is 24.3 Å². The van der Waals surface area contributed by atoms with Crippen molar-refractivity contribution in [2.75, 3.05) is 13.2 Å². The van der Waals surface area contributed by atoms with Gasteiger partial charge in [-0.3, -0.25) is 0 Å². The normalized spacial score (nSPS) is 26.2. The molecule has 4 unspecified atom stereocenters. The van der Waals surface area contributed by atoms with Crippen LogP contribution in [0.5, 0.6) is 0 Å². The topological polar surface area (TPSA) is 77.7 Å². The second-order valence-electron chi connectivity index (χ2n) is 6.64. The number of epoxide rings is 2. The van der Waals surface area contributed by atoms with Gasteiger partial charge in [0, 0.05) is 12.8 Å². The highest BCUT2D eigenvalue weighted by molar-refractivity contribution is 6.03. The van der Waals surface area contributed by atoms with Crippen molar-refractivity contribution in [3.63, 3.8) is 0 Å². The van der Waals surface area contributed by atoms with Gasteiger partial charge in [0.05, 0.1) is 48.8 Å².